The van der Waals surface area contributed by atoms with Crippen molar-refractivity contribution in [2.75, 3.05) is 13.2 Å². The van der Waals surface area contributed by atoms with Gasteiger partial charge in [0.05, 0.1) is 0 Å². The molecule has 0 unspecified atom stereocenters. The van der Waals surface area contributed by atoms with E-state index >= 15 is 0 Å². The van der Waals surface area contributed by atoms with Crippen molar-refractivity contribution < 1.29 is 24.5 Å². The molecule has 5 heteroatoms. The van der Waals surface area contributed by atoms with E-state index in [1.54, 1.807) is 0 Å². The maximum Gasteiger partial charge on any atom is 0.331 e. The third kappa shape index (κ3) is 15.5. The number of hydrogen-bond acceptors (Lipinski definition) is 3. The second-order valence-corrected chi connectivity index (χ2v) is 6.21. The van der Waals surface area contributed by atoms with Crippen LogP contribution in [0.15, 0.2) is 11.6 Å². The number of carbonyl (C=O) groups is 2. The largest absolute Gasteiger partial charge is 0.478 e. The van der Waals surface area contributed by atoms with Crippen molar-refractivity contribution in [2.24, 2.45) is 0 Å². The molecule has 2 N–H and O–H groups in total. The van der Waals surface area contributed by atoms with Crippen molar-refractivity contribution in [1.82, 2.24) is 0 Å². The first-order valence-electron chi connectivity index (χ1n) is 9.32. The first kappa shape index (κ1) is 22.6. The van der Waals surface area contributed by atoms with Crippen LogP contribution in [-0.2, 0) is 14.3 Å². The van der Waals surface area contributed by atoms with Crippen LogP contribution in [0.1, 0.15) is 84.0 Å². The predicted molar refractivity (Wildman–Crippen MR) is 95.3 cm³/mol. The van der Waals surface area contributed by atoms with Crippen LogP contribution in [0.4, 0.5) is 0 Å². The Kier molecular flexibility index (Phi) is 15.6. The van der Waals surface area contributed by atoms with E-state index in [-0.39, 0.29) is 5.57 Å². The fourth-order valence-corrected chi connectivity index (χ4v) is 2.50. The summed E-state index contributed by atoms with van der Waals surface area (Å²) < 4.78 is 5.52. The van der Waals surface area contributed by atoms with Gasteiger partial charge in [-0.15, -0.1) is 0 Å². The molecule has 0 amide bonds. The van der Waals surface area contributed by atoms with E-state index in [4.69, 9.17) is 14.9 Å². The molecule has 0 rings (SSSR count). The number of aliphatic carboxylic acids is 2. The maximum atomic E-state index is 10.9. The van der Waals surface area contributed by atoms with Crippen LogP contribution in [0.2, 0.25) is 0 Å². The van der Waals surface area contributed by atoms with Gasteiger partial charge >= 0.3 is 11.9 Å². The molecule has 0 aliphatic carbocycles. The molecule has 0 aromatic carbocycles. The SMILES string of the molecule is CCCCOCCCCCCCCCCC/C(=C/C(=O)O)C(=O)O. The van der Waals surface area contributed by atoms with Crippen molar-refractivity contribution in [1.29, 1.82) is 0 Å². The van der Waals surface area contributed by atoms with Gasteiger partial charge in [-0.25, -0.2) is 9.59 Å². The van der Waals surface area contributed by atoms with Gasteiger partial charge in [-0.1, -0.05) is 58.3 Å². The lowest BCUT2D eigenvalue weighted by molar-refractivity contribution is -0.135. The number of rotatable bonds is 17. The molecular weight excluding hydrogens is 308 g/mol. The van der Waals surface area contributed by atoms with Crippen molar-refractivity contribution in [3.05, 3.63) is 11.6 Å². The summed E-state index contributed by atoms with van der Waals surface area (Å²) in [7, 11) is 0. The molecule has 0 radical (unpaired) electrons. The Morgan fingerprint density at radius 3 is 1.79 bits per heavy atom. The summed E-state index contributed by atoms with van der Waals surface area (Å²) in [5, 5.41) is 17.5. The van der Waals surface area contributed by atoms with Gasteiger partial charge in [-0.3, -0.25) is 0 Å². The lowest BCUT2D eigenvalue weighted by Crippen LogP contribution is -2.04. The van der Waals surface area contributed by atoms with Gasteiger partial charge < -0.3 is 14.9 Å². The number of unbranched alkanes of at least 4 members (excludes halogenated alkanes) is 9. The van der Waals surface area contributed by atoms with Crippen LogP contribution in [0.25, 0.3) is 0 Å². The molecule has 0 fully saturated rings. The second-order valence-electron chi connectivity index (χ2n) is 6.21. The van der Waals surface area contributed by atoms with Gasteiger partial charge in [-0.05, 0) is 25.7 Å². The Morgan fingerprint density at radius 1 is 0.792 bits per heavy atom. The molecule has 140 valence electrons. The van der Waals surface area contributed by atoms with Crippen LogP contribution in [0.5, 0.6) is 0 Å². The van der Waals surface area contributed by atoms with Gasteiger partial charge in [0.1, 0.15) is 0 Å². The number of ether oxygens (including phenoxy) is 1. The van der Waals surface area contributed by atoms with E-state index in [9.17, 15) is 9.59 Å². The van der Waals surface area contributed by atoms with Gasteiger partial charge in [-0.2, -0.15) is 0 Å². The minimum atomic E-state index is -1.19. The van der Waals surface area contributed by atoms with Crippen LogP contribution in [0.3, 0.4) is 0 Å². The van der Waals surface area contributed by atoms with Crippen LogP contribution >= 0.6 is 0 Å². The van der Waals surface area contributed by atoms with E-state index in [1.807, 2.05) is 0 Å². The molecule has 0 aromatic heterocycles. The normalized spacial score (nSPS) is 11.6. The maximum absolute atomic E-state index is 10.9. The summed E-state index contributed by atoms with van der Waals surface area (Å²) in [6, 6.07) is 0. The average molecular weight is 342 g/mol. The highest BCUT2D eigenvalue weighted by Crippen LogP contribution is 2.13. The molecule has 0 spiro atoms. The Balaban J connectivity index is 3.36. The number of carboxylic acids is 2. The molecule has 0 aromatic rings. The van der Waals surface area contributed by atoms with E-state index in [2.05, 4.69) is 6.92 Å². The van der Waals surface area contributed by atoms with Gasteiger partial charge in [0.15, 0.2) is 0 Å². The third-order valence-electron chi connectivity index (χ3n) is 3.95. The van der Waals surface area contributed by atoms with Gasteiger partial charge in [0, 0.05) is 24.9 Å². The molecule has 24 heavy (non-hydrogen) atoms. The Hall–Kier alpha value is -1.36. The molecular formula is C19H34O5. The summed E-state index contributed by atoms with van der Waals surface area (Å²) in [4.78, 5) is 21.4. The van der Waals surface area contributed by atoms with E-state index in [0.717, 1.165) is 57.8 Å². The standard InChI is InChI=1S/C19H34O5/c1-2-3-14-24-15-12-10-8-6-4-5-7-9-11-13-17(19(22)23)16-18(20)21/h16H,2-15H2,1H3,(H,20,21)(H,22,23)/b17-16-. The number of carboxylic acid groups (broad SMARTS) is 2. The smallest absolute Gasteiger partial charge is 0.331 e. The van der Waals surface area contributed by atoms with Gasteiger partial charge in [0.25, 0.3) is 0 Å². The fourth-order valence-electron chi connectivity index (χ4n) is 2.50. The first-order valence-corrected chi connectivity index (χ1v) is 9.32. The second kappa shape index (κ2) is 16.5. The highest BCUT2D eigenvalue weighted by molar-refractivity contribution is 5.94. The fraction of sp³-hybridized carbons (Fsp3) is 0.789. The Labute approximate surface area is 146 Å². The quantitative estimate of drug-likeness (QED) is 0.293. The Bertz CT molecular complexity index is 363. The lowest BCUT2D eigenvalue weighted by Gasteiger charge is -2.04. The van der Waals surface area contributed by atoms with Crippen molar-refractivity contribution >= 4 is 11.9 Å². The summed E-state index contributed by atoms with van der Waals surface area (Å²) in [5.41, 5.74) is -0.0105. The zero-order valence-electron chi connectivity index (χ0n) is 15.1. The van der Waals surface area contributed by atoms with E-state index < -0.39 is 11.9 Å². The highest BCUT2D eigenvalue weighted by Gasteiger charge is 2.08. The molecule has 0 aliphatic heterocycles. The molecule has 0 atom stereocenters. The predicted octanol–water partition coefficient (Wildman–Crippen LogP) is 4.80. The zero-order valence-corrected chi connectivity index (χ0v) is 15.1. The summed E-state index contributed by atoms with van der Waals surface area (Å²) >= 11 is 0. The topological polar surface area (TPSA) is 83.8 Å². The Morgan fingerprint density at radius 2 is 1.29 bits per heavy atom. The summed E-state index contributed by atoms with van der Waals surface area (Å²) in [5.74, 6) is -2.32. The monoisotopic (exact) mass is 342 g/mol. The van der Waals surface area contributed by atoms with Gasteiger partial charge in [0.2, 0.25) is 0 Å². The third-order valence-corrected chi connectivity index (χ3v) is 3.95. The minimum Gasteiger partial charge on any atom is -0.478 e. The van der Waals surface area contributed by atoms with Crippen LogP contribution < -0.4 is 0 Å². The molecule has 0 bridgehead atoms. The molecule has 0 saturated carbocycles. The number of hydrogen-bond donors (Lipinski definition) is 2. The van der Waals surface area contributed by atoms with Crippen molar-refractivity contribution in [3.8, 4) is 0 Å². The van der Waals surface area contributed by atoms with Crippen molar-refractivity contribution in [2.45, 2.75) is 84.0 Å². The highest BCUT2D eigenvalue weighted by atomic mass is 16.5. The molecule has 0 heterocycles. The lowest BCUT2D eigenvalue weighted by atomic mass is 10.0. The van der Waals surface area contributed by atoms with E-state index in [1.165, 1.54) is 32.1 Å². The minimum absolute atomic E-state index is 0.0105. The van der Waals surface area contributed by atoms with E-state index in [0.29, 0.717) is 6.42 Å². The first-order chi connectivity index (χ1) is 11.6. The molecule has 5 nitrogen and oxygen atoms in total. The average Bonchev–Trinajstić information content (AvgIpc) is 2.53. The zero-order chi connectivity index (χ0) is 18.0. The van der Waals surface area contributed by atoms with Crippen LogP contribution in [-0.4, -0.2) is 35.4 Å². The van der Waals surface area contributed by atoms with Crippen LogP contribution in [0, 0.1) is 0 Å². The molecule has 0 aliphatic rings. The summed E-state index contributed by atoms with van der Waals surface area (Å²) in [6.45, 7) is 3.94. The summed E-state index contributed by atoms with van der Waals surface area (Å²) in [6.07, 6.45) is 13.5. The molecule has 0 saturated heterocycles. The van der Waals surface area contributed by atoms with Crippen molar-refractivity contribution in [3.63, 3.8) is 0 Å².